The maximum absolute atomic E-state index is 11.2. The van der Waals surface area contributed by atoms with E-state index in [1.165, 1.54) is 6.92 Å². The molecule has 1 aromatic rings. The molecule has 0 N–H and O–H groups in total. The molecule has 0 aliphatic carbocycles. The zero-order chi connectivity index (χ0) is 13.1. The summed E-state index contributed by atoms with van der Waals surface area (Å²) in [5.41, 5.74) is 0.866. The lowest BCUT2D eigenvalue weighted by atomic mass is 10.0. The van der Waals surface area contributed by atoms with E-state index in [0.717, 1.165) is 17.7 Å². The molecule has 5 heteroatoms. The first-order valence-electron chi connectivity index (χ1n) is 5.74. The van der Waals surface area contributed by atoms with Crippen molar-refractivity contribution in [3.63, 3.8) is 0 Å². The smallest absolute Gasteiger partial charge is 0.303 e. The molecule has 0 spiro atoms. The summed E-state index contributed by atoms with van der Waals surface area (Å²) < 4.78 is 16.2. The summed E-state index contributed by atoms with van der Waals surface area (Å²) >= 11 is 3.55. The SMILES string of the molecule is COc1ccc2c(c1)OCCC(Br)C2OC(C)=O. The minimum atomic E-state index is -0.328. The number of carbonyl (C=O) groups is 1. The second-order valence-electron chi connectivity index (χ2n) is 4.09. The summed E-state index contributed by atoms with van der Waals surface area (Å²) in [4.78, 5) is 11.2. The molecule has 2 atom stereocenters. The van der Waals surface area contributed by atoms with Crippen LogP contribution < -0.4 is 9.47 Å². The Kier molecular flexibility index (Phi) is 4.11. The molecule has 0 amide bonds. The van der Waals surface area contributed by atoms with Gasteiger partial charge in [-0.1, -0.05) is 15.9 Å². The van der Waals surface area contributed by atoms with Crippen molar-refractivity contribution < 1.29 is 19.0 Å². The summed E-state index contributed by atoms with van der Waals surface area (Å²) in [5.74, 6) is 1.14. The van der Waals surface area contributed by atoms with Crippen LogP contribution in [-0.4, -0.2) is 24.5 Å². The van der Waals surface area contributed by atoms with Gasteiger partial charge in [0.15, 0.2) is 0 Å². The number of rotatable bonds is 2. The van der Waals surface area contributed by atoms with Crippen molar-refractivity contribution in [3.8, 4) is 11.5 Å². The molecule has 1 heterocycles. The second-order valence-corrected chi connectivity index (χ2v) is 5.26. The van der Waals surface area contributed by atoms with E-state index in [1.54, 1.807) is 7.11 Å². The highest BCUT2D eigenvalue weighted by atomic mass is 79.9. The Morgan fingerprint density at radius 3 is 2.94 bits per heavy atom. The van der Waals surface area contributed by atoms with Crippen molar-refractivity contribution in [1.29, 1.82) is 0 Å². The molecular formula is C13H15BrO4. The summed E-state index contributed by atoms with van der Waals surface area (Å²) in [7, 11) is 1.61. The Morgan fingerprint density at radius 2 is 2.28 bits per heavy atom. The molecule has 1 aliphatic rings. The highest BCUT2D eigenvalue weighted by molar-refractivity contribution is 9.09. The van der Waals surface area contributed by atoms with Crippen LogP contribution in [0.2, 0.25) is 0 Å². The van der Waals surface area contributed by atoms with Gasteiger partial charge in [-0.25, -0.2) is 0 Å². The number of carbonyl (C=O) groups excluding carboxylic acids is 1. The van der Waals surface area contributed by atoms with Crippen LogP contribution in [0.15, 0.2) is 18.2 Å². The molecule has 0 aromatic heterocycles. The van der Waals surface area contributed by atoms with Crippen LogP contribution >= 0.6 is 15.9 Å². The highest BCUT2D eigenvalue weighted by Crippen LogP contribution is 2.39. The molecule has 18 heavy (non-hydrogen) atoms. The van der Waals surface area contributed by atoms with E-state index in [0.29, 0.717) is 12.4 Å². The number of fused-ring (bicyclic) bond motifs is 1. The van der Waals surface area contributed by atoms with Crippen LogP contribution in [-0.2, 0) is 9.53 Å². The number of esters is 1. The topological polar surface area (TPSA) is 44.8 Å². The fourth-order valence-electron chi connectivity index (χ4n) is 1.95. The quantitative estimate of drug-likeness (QED) is 0.622. The van der Waals surface area contributed by atoms with E-state index in [9.17, 15) is 4.79 Å². The fourth-order valence-corrected chi connectivity index (χ4v) is 2.53. The summed E-state index contributed by atoms with van der Waals surface area (Å²) in [6, 6.07) is 5.53. The normalized spacial score (nSPS) is 22.4. The van der Waals surface area contributed by atoms with Crippen molar-refractivity contribution in [1.82, 2.24) is 0 Å². The number of alkyl halides is 1. The van der Waals surface area contributed by atoms with E-state index < -0.39 is 0 Å². The predicted molar refractivity (Wildman–Crippen MR) is 70.3 cm³/mol. The van der Waals surface area contributed by atoms with E-state index in [1.807, 2.05) is 18.2 Å². The van der Waals surface area contributed by atoms with Gasteiger partial charge in [-0.15, -0.1) is 0 Å². The van der Waals surface area contributed by atoms with Gasteiger partial charge in [0.05, 0.1) is 18.5 Å². The summed E-state index contributed by atoms with van der Waals surface area (Å²) in [6.07, 6.45) is 0.445. The summed E-state index contributed by atoms with van der Waals surface area (Å²) in [5, 5.41) is 0. The van der Waals surface area contributed by atoms with Crippen LogP contribution in [0.1, 0.15) is 25.0 Å². The minimum absolute atomic E-state index is 0.0519. The van der Waals surface area contributed by atoms with Crippen LogP contribution in [0.25, 0.3) is 0 Å². The molecule has 0 fully saturated rings. The number of ether oxygens (including phenoxy) is 3. The summed E-state index contributed by atoms with van der Waals surface area (Å²) in [6.45, 7) is 1.99. The molecule has 1 aliphatic heterocycles. The molecular weight excluding hydrogens is 300 g/mol. The van der Waals surface area contributed by atoms with Gasteiger partial charge in [0.25, 0.3) is 0 Å². The zero-order valence-electron chi connectivity index (χ0n) is 10.3. The number of methoxy groups -OCH3 is 1. The van der Waals surface area contributed by atoms with Gasteiger partial charge >= 0.3 is 5.97 Å². The number of benzene rings is 1. The molecule has 0 saturated carbocycles. The minimum Gasteiger partial charge on any atom is -0.497 e. The Hall–Kier alpha value is -1.23. The first-order chi connectivity index (χ1) is 8.61. The van der Waals surface area contributed by atoms with Crippen molar-refractivity contribution >= 4 is 21.9 Å². The predicted octanol–water partition coefficient (Wildman–Crippen LogP) is 2.85. The van der Waals surface area contributed by atoms with Crippen LogP contribution in [0.3, 0.4) is 0 Å². The molecule has 2 unspecified atom stereocenters. The lowest BCUT2D eigenvalue weighted by molar-refractivity contribution is -0.146. The third-order valence-corrected chi connectivity index (χ3v) is 3.74. The highest BCUT2D eigenvalue weighted by Gasteiger charge is 2.29. The first-order valence-corrected chi connectivity index (χ1v) is 6.65. The Morgan fingerprint density at radius 1 is 1.50 bits per heavy atom. The van der Waals surface area contributed by atoms with E-state index >= 15 is 0 Å². The molecule has 0 saturated heterocycles. The number of halogens is 1. The van der Waals surface area contributed by atoms with E-state index in [4.69, 9.17) is 14.2 Å². The third kappa shape index (κ3) is 2.77. The molecule has 98 valence electrons. The Balaban J connectivity index is 2.38. The van der Waals surface area contributed by atoms with Crippen molar-refractivity contribution in [2.45, 2.75) is 24.3 Å². The van der Waals surface area contributed by atoms with Crippen LogP contribution in [0.5, 0.6) is 11.5 Å². The first kappa shape index (κ1) is 13.2. The average molecular weight is 315 g/mol. The van der Waals surface area contributed by atoms with Gasteiger partial charge in [0.1, 0.15) is 17.6 Å². The van der Waals surface area contributed by atoms with Gasteiger partial charge in [0.2, 0.25) is 0 Å². The van der Waals surface area contributed by atoms with Gasteiger partial charge in [-0.3, -0.25) is 4.79 Å². The monoisotopic (exact) mass is 314 g/mol. The molecule has 0 radical (unpaired) electrons. The largest absolute Gasteiger partial charge is 0.497 e. The Labute approximate surface area is 114 Å². The van der Waals surface area contributed by atoms with Gasteiger partial charge < -0.3 is 14.2 Å². The Bertz CT molecular complexity index is 447. The second kappa shape index (κ2) is 5.61. The van der Waals surface area contributed by atoms with Crippen LogP contribution in [0, 0.1) is 0 Å². The molecule has 4 nitrogen and oxygen atoms in total. The van der Waals surface area contributed by atoms with E-state index in [-0.39, 0.29) is 16.9 Å². The van der Waals surface area contributed by atoms with Gasteiger partial charge in [0, 0.05) is 18.6 Å². The van der Waals surface area contributed by atoms with Gasteiger partial charge in [-0.2, -0.15) is 0 Å². The lowest BCUT2D eigenvalue weighted by Gasteiger charge is -2.20. The van der Waals surface area contributed by atoms with Crippen molar-refractivity contribution in [2.75, 3.05) is 13.7 Å². The maximum atomic E-state index is 11.2. The maximum Gasteiger partial charge on any atom is 0.303 e. The fraction of sp³-hybridized carbons (Fsp3) is 0.462. The zero-order valence-corrected chi connectivity index (χ0v) is 11.9. The lowest BCUT2D eigenvalue weighted by Crippen LogP contribution is -2.17. The van der Waals surface area contributed by atoms with Crippen LogP contribution in [0.4, 0.5) is 0 Å². The van der Waals surface area contributed by atoms with Gasteiger partial charge in [-0.05, 0) is 18.6 Å². The standard InChI is InChI=1S/C13H15BrO4/c1-8(15)18-13-10-4-3-9(16-2)7-12(10)17-6-5-11(13)14/h3-4,7,11,13H,5-6H2,1-2H3. The molecule has 1 aromatic carbocycles. The number of hydrogen-bond donors (Lipinski definition) is 0. The van der Waals surface area contributed by atoms with E-state index in [2.05, 4.69) is 15.9 Å². The molecule has 0 bridgehead atoms. The van der Waals surface area contributed by atoms with Crippen molar-refractivity contribution in [3.05, 3.63) is 23.8 Å². The average Bonchev–Trinajstić information content (AvgIpc) is 2.49. The van der Waals surface area contributed by atoms with Crippen molar-refractivity contribution in [2.24, 2.45) is 0 Å². The number of hydrogen-bond acceptors (Lipinski definition) is 4. The third-order valence-electron chi connectivity index (χ3n) is 2.80. The molecule has 2 rings (SSSR count).